The van der Waals surface area contributed by atoms with Crippen molar-refractivity contribution >= 4 is 15.9 Å². The molecule has 0 amide bonds. The topological polar surface area (TPSA) is 24.5 Å². The first-order valence-electron chi connectivity index (χ1n) is 6.50. The molecule has 18 heavy (non-hydrogen) atoms. The Hall–Kier alpha value is -0.580. The molecular weight excluding hydrogens is 292 g/mol. The van der Waals surface area contributed by atoms with E-state index in [9.17, 15) is 0 Å². The second kappa shape index (κ2) is 6.55. The molecule has 1 fully saturated rings. The van der Waals surface area contributed by atoms with Gasteiger partial charge in [0.05, 0.1) is 11.6 Å². The van der Waals surface area contributed by atoms with E-state index < -0.39 is 0 Å². The lowest BCUT2D eigenvalue weighted by molar-refractivity contribution is 0.225. The van der Waals surface area contributed by atoms with Crippen LogP contribution < -0.4 is 10.1 Å². The Labute approximate surface area is 118 Å². The summed E-state index contributed by atoms with van der Waals surface area (Å²) in [5.74, 6) is 0.892. The zero-order valence-electron chi connectivity index (χ0n) is 11.1. The minimum atomic E-state index is 0.451. The summed E-state index contributed by atoms with van der Waals surface area (Å²) < 4.78 is 6.30. The van der Waals surface area contributed by atoms with Crippen molar-refractivity contribution in [3.05, 3.63) is 28.2 Å². The average molecular weight is 313 g/mol. The zero-order chi connectivity index (χ0) is 13.0. The number of hydrogen-bond acceptors (Lipinski definition) is 3. The quantitative estimate of drug-likeness (QED) is 0.929. The Morgan fingerprint density at radius 3 is 2.89 bits per heavy atom. The second-order valence-electron chi connectivity index (χ2n) is 4.71. The van der Waals surface area contributed by atoms with E-state index in [-0.39, 0.29) is 0 Å². The van der Waals surface area contributed by atoms with Gasteiger partial charge in [-0.15, -0.1) is 0 Å². The molecule has 1 atom stereocenters. The van der Waals surface area contributed by atoms with E-state index in [4.69, 9.17) is 4.74 Å². The van der Waals surface area contributed by atoms with Crippen LogP contribution in [0.3, 0.4) is 0 Å². The number of hydrogen-bond donors (Lipinski definition) is 1. The highest BCUT2D eigenvalue weighted by Gasteiger charge is 2.17. The van der Waals surface area contributed by atoms with Crippen LogP contribution in [0.15, 0.2) is 22.7 Å². The predicted octanol–water partition coefficient (Wildman–Crippen LogP) is 2.81. The monoisotopic (exact) mass is 312 g/mol. The molecule has 2 rings (SSSR count). The maximum Gasteiger partial charge on any atom is 0.133 e. The largest absolute Gasteiger partial charge is 0.496 e. The van der Waals surface area contributed by atoms with Crippen LogP contribution in [0.2, 0.25) is 0 Å². The highest BCUT2D eigenvalue weighted by atomic mass is 79.9. The number of rotatable bonds is 3. The molecule has 0 bridgehead atoms. The second-order valence-corrected chi connectivity index (χ2v) is 5.56. The average Bonchev–Trinajstić information content (AvgIpc) is 2.66. The van der Waals surface area contributed by atoms with Crippen molar-refractivity contribution in [2.75, 3.05) is 33.3 Å². The molecule has 4 heteroatoms. The summed E-state index contributed by atoms with van der Waals surface area (Å²) in [5, 5.41) is 3.44. The van der Waals surface area contributed by atoms with Gasteiger partial charge in [0.15, 0.2) is 0 Å². The fourth-order valence-electron chi connectivity index (χ4n) is 2.41. The SMILES string of the molecule is COc1ccc(C(C)N2CCCNCC2)cc1Br. The Bertz CT molecular complexity index is 389. The van der Waals surface area contributed by atoms with E-state index in [1.54, 1.807) is 7.11 Å². The molecule has 1 heterocycles. The Morgan fingerprint density at radius 1 is 1.33 bits per heavy atom. The lowest BCUT2D eigenvalue weighted by Crippen LogP contribution is -2.30. The molecule has 1 aliphatic rings. The molecule has 0 radical (unpaired) electrons. The summed E-state index contributed by atoms with van der Waals surface area (Å²) in [7, 11) is 1.70. The van der Waals surface area contributed by atoms with Gasteiger partial charge in [-0.1, -0.05) is 6.07 Å². The lowest BCUT2D eigenvalue weighted by Gasteiger charge is -2.28. The lowest BCUT2D eigenvalue weighted by atomic mass is 10.1. The van der Waals surface area contributed by atoms with Gasteiger partial charge >= 0.3 is 0 Å². The number of benzene rings is 1. The first-order chi connectivity index (χ1) is 8.72. The molecule has 1 aliphatic heterocycles. The zero-order valence-corrected chi connectivity index (χ0v) is 12.7. The van der Waals surface area contributed by atoms with E-state index in [2.05, 4.69) is 45.2 Å². The summed E-state index contributed by atoms with van der Waals surface area (Å²) >= 11 is 3.56. The molecule has 100 valence electrons. The van der Waals surface area contributed by atoms with Crippen molar-refractivity contribution in [1.82, 2.24) is 10.2 Å². The number of halogens is 1. The van der Waals surface area contributed by atoms with Crippen LogP contribution >= 0.6 is 15.9 Å². The van der Waals surface area contributed by atoms with Crippen molar-refractivity contribution in [3.8, 4) is 5.75 Å². The van der Waals surface area contributed by atoms with Crippen LogP contribution in [0.1, 0.15) is 24.9 Å². The van der Waals surface area contributed by atoms with Gasteiger partial charge in [0, 0.05) is 19.1 Å². The Kier molecular flexibility index (Phi) is 5.03. The molecule has 1 aromatic rings. The van der Waals surface area contributed by atoms with Gasteiger partial charge in [-0.3, -0.25) is 4.90 Å². The first kappa shape index (κ1) is 13.8. The number of nitrogens with zero attached hydrogens (tertiary/aromatic N) is 1. The van der Waals surface area contributed by atoms with E-state index in [0.29, 0.717) is 6.04 Å². The summed E-state index contributed by atoms with van der Waals surface area (Å²) in [6.45, 7) is 6.78. The smallest absolute Gasteiger partial charge is 0.133 e. The summed E-state index contributed by atoms with van der Waals surface area (Å²) in [6, 6.07) is 6.81. The van der Waals surface area contributed by atoms with Crippen LogP contribution in [0.4, 0.5) is 0 Å². The molecule has 1 aromatic carbocycles. The van der Waals surface area contributed by atoms with Gasteiger partial charge in [-0.2, -0.15) is 0 Å². The summed E-state index contributed by atoms with van der Waals surface area (Å²) in [5.41, 5.74) is 1.34. The molecule has 0 saturated carbocycles. The van der Waals surface area contributed by atoms with Crippen LogP contribution in [0.25, 0.3) is 0 Å². The predicted molar refractivity (Wildman–Crippen MR) is 78.2 cm³/mol. The highest BCUT2D eigenvalue weighted by Crippen LogP contribution is 2.30. The van der Waals surface area contributed by atoms with Crippen LogP contribution in [0, 0.1) is 0 Å². The van der Waals surface area contributed by atoms with E-state index >= 15 is 0 Å². The van der Waals surface area contributed by atoms with Crippen molar-refractivity contribution in [1.29, 1.82) is 0 Å². The molecule has 0 aliphatic carbocycles. The summed E-state index contributed by atoms with van der Waals surface area (Å²) in [6.07, 6.45) is 1.22. The van der Waals surface area contributed by atoms with E-state index in [0.717, 1.165) is 36.4 Å². The minimum absolute atomic E-state index is 0.451. The van der Waals surface area contributed by atoms with Gasteiger partial charge in [-0.05, 0) is 60.1 Å². The third-order valence-corrected chi connectivity index (χ3v) is 4.20. The Balaban J connectivity index is 2.11. The summed E-state index contributed by atoms with van der Waals surface area (Å²) in [4.78, 5) is 2.54. The van der Waals surface area contributed by atoms with Crippen molar-refractivity contribution < 1.29 is 4.74 Å². The first-order valence-corrected chi connectivity index (χ1v) is 7.30. The molecule has 1 saturated heterocycles. The number of ether oxygens (including phenoxy) is 1. The third-order valence-electron chi connectivity index (χ3n) is 3.58. The molecule has 3 nitrogen and oxygen atoms in total. The van der Waals surface area contributed by atoms with Crippen molar-refractivity contribution in [2.24, 2.45) is 0 Å². The fourth-order valence-corrected chi connectivity index (χ4v) is 2.97. The molecule has 0 spiro atoms. The van der Waals surface area contributed by atoms with Crippen LogP contribution in [0.5, 0.6) is 5.75 Å². The standard InChI is InChI=1S/C14H21BrN2O/c1-11(17-8-3-6-16-7-9-17)12-4-5-14(18-2)13(15)10-12/h4-5,10-11,16H,3,6-9H2,1-2H3. The van der Waals surface area contributed by atoms with Gasteiger partial charge in [0.2, 0.25) is 0 Å². The minimum Gasteiger partial charge on any atom is -0.496 e. The highest BCUT2D eigenvalue weighted by molar-refractivity contribution is 9.10. The fraction of sp³-hybridized carbons (Fsp3) is 0.571. The molecular formula is C14H21BrN2O. The van der Waals surface area contributed by atoms with Gasteiger partial charge in [-0.25, -0.2) is 0 Å². The maximum atomic E-state index is 5.27. The third kappa shape index (κ3) is 3.25. The van der Waals surface area contributed by atoms with Crippen LogP contribution in [-0.2, 0) is 0 Å². The van der Waals surface area contributed by atoms with Crippen molar-refractivity contribution in [3.63, 3.8) is 0 Å². The molecule has 1 unspecified atom stereocenters. The normalized spacial score (nSPS) is 19.3. The maximum absolute atomic E-state index is 5.27. The van der Waals surface area contributed by atoms with Crippen LogP contribution in [-0.4, -0.2) is 38.2 Å². The number of nitrogens with one attached hydrogen (secondary N) is 1. The van der Waals surface area contributed by atoms with Gasteiger partial charge in [0.25, 0.3) is 0 Å². The van der Waals surface area contributed by atoms with Gasteiger partial charge in [0.1, 0.15) is 5.75 Å². The molecule has 0 aromatic heterocycles. The molecule has 1 N–H and O–H groups in total. The van der Waals surface area contributed by atoms with E-state index in [1.165, 1.54) is 12.0 Å². The van der Waals surface area contributed by atoms with E-state index in [1.807, 2.05) is 6.07 Å². The van der Waals surface area contributed by atoms with Gasteiger partial charge < -0.3 is 10.1 Å². The van der Waals surface area contributed by atoms with Crippen molar-refractivity contribution in [2.45, 2.75) is 19.4 Å². The Morgan fingerprint density at radius 2 is 2.17 bits per heavy atom. The number of methoxy groups -OCH3 is 1.